The van der Waals surface area contributed by atoms with E-state index >= 15 is 0 Å². The summed E-state index contributed by atoms with van der Waals surface area (Å²) >= 11 is 0. The Hall–Kier alpha value is -3.44. The van der Waals surface area contributed by atoms with Gasteiger partial charge in [-0.3, -0.25) is 4.90 Å². The zero-order valence-corrected chi connectivity index (χ0v) is 23.8. The maximum Gasteiger partial charge on any atom is 0.268 e. The molecule has 3 aromatic carbocycles. The minimum absolute atomic E-state index is 0.136. The van der Waals surface area contributed by atoms with E-state index in [2.05, 4.69) is 24.0 Å². The first-order valence-electron chi connectivity index (χ1n) is 13.5. The lowest BCUT2D eigenvalue weighted by molar-refractivity contribution is -0.0137. The lowest BCUT2D eigenvalue weighted by atomic mass is 9.91. The maximum atomic E-state index is 13.7. The summed E-state index contributed by atoms with van der Waals surface area (Å²) in [5, 5.41) is 10.2. The van der Waals surface area contributed by atoms with Gasteiger partial charge in [-0.15, -0.1) is 0 Å². The molecular formula is C32H35N3O3S. The molecule has 2 heterocycles. The van der Waals surface area contributed by atoms with Crippen LogP contribution in [-0.4, -0.2) is 36.5 Å². The molecule has 0 radical (unpaired) electrons. The van der Waals surface area contributed by atoms with Gasteiger partial charge in [0.15, 0.2) is 0 Å². The molecule has 0 saturated carbocycles. The number of fused-ring (bicyclic) bond motifs is 1. The normalized spacial score (nSPS) is 18.3. The van der Waals surface area contributed by atoms with Gasteiger partial charge in [0.05, 0.1) is 28.1 Å². The second-order valence-corrected chi connectivity index (χ2v) is 12.3. The number of hydrogen-bond acceptors (Lipinski definition) is 5. The van der Waals surface area contributed by atoms with Crippen molar-refractivity contribution in [3.63, 3.8) is 0 Å². The zero-order valence-electron chi connectivity index (χ0n) is 23.0. The van der Waals surface area contributed by atoms with Crippen LogP contribution in [0.15, 0.2) is 71.8 Å². The Kier molecular flexibility index (Phi) is 7.64. The second kappa shape index (κ2) is 11.0. The van der Waals surface area contributed by atoms with E-state index < -0.39 is 10.0 Å². The van der Waals surface area contributed by atoms with Gasteiger partial charge in [-0.2, -0.15) is 5.26 Å². The number of nitrogens with zero attached hydrogens (tertiary/aromatic N) is 3. The number of hydrogen-bond donors (Lipinski definition) is 0. The quantitative estimate of drug-likeness (QED) is 0.270. The standard InChI is InChI=1S/C32H35N3O3S/c1-5-38-27-14-16-34(31(19-27)26-10-8-25(20-33)9-11-26)21-30-23(3)18-24(4)32-29(30)15-17-35(32)39(36,37)28-12-6-22(2)7-13-28/h6-13,15,17-18,27,31H,5,14,16,19,21H2,1-4H3/t27-,31-/m0/s1. The van der Waals surface area contributed by atoms with Gasteiger partial charge in [0, 0.05) is 37.3 Å². The van der Waals surface area contributed by atoms with E-state index in [1.54, 1.807) is 18.3 Å². The number of likely N-dealkylation sites (tertiary alicyclic amines) is 1. The summed E-state index contributed by atoms with van der Waals surface area (Å²) in [6.07, 6.45) is 3.69. The largest absolute Gasteiger partial charge is 0.378 e. The molecule has 202 valence electrons. The van der Waals surface area contributed by atoms with Gasteiger partial charge in [0.2, 0.25) is 0 Å². The molecular weight excluding hydrogens is 506 g/mol. The highest BCUT2D eigenvalue weighted by Gasteiger charge is 2.31. The molecule has 1 aliphatic heterocycles. The molecule has 1 aliphatic rings. The van der Waals surface area contributed by atoms with Crippen LogP contribution in [0.5, 0.6) is 0 Å². The third kappa shape index (κ3) is 5.25. The fourth-order valence-electron chi connectivity index (χ4n) is 5.86. The molecule has 5 rings (SSSR count). The summed E-state index contributed by atoms with van der Waals surface area (Å²) in [6.45, 7) is 10.3. The van der Waals surface area contributed by atoms with Gasteiger partial charge in [0.25, 0.3) is 10.0 Å². The molecule has 1 saturated heterocycles. The van der Waals surface area contributed by atoms with E-state index in [4.69, 9.17) is 4.74 Å². The summed E-state index contributed by atoms with van der Waals surface area (Å²) in [5.41, 5.74) is 6.79. The molecule has 0 N–H and O–H groups in total. The SMILES string of the molecule is CCO[C@H]1CCN(Cc2c(C)cc(C)c3c2ccn3S(=O)(=O)c2ccc(C)cc2)[C@H](c2ccc(C#N)cc2)C1. The predicted octanol–water partition coefficient (Wildman–Crippen LogP) is 6.42. The highest BCUT2D eigenvalue weighted by atomic mass is 32.2. The third-order valence-electron chi connectivity index (χ3n) is 7.89. The summed E-state index contributed by atoms with van der Waals surface area (Å²) < 4.78 is 34.8. The number of piperidine rings is 1. The Morgan fingerprint density at radius 3 is 2.38 bits per heavy atom. The van der Waals surface area contributed by atoms with Crippen LogP contribution < -0.4 is 0 Å². The van der Waals surface area contributed by atoms with Crippen molar-refractivity contribution in [2.45, 2.75) is 64.1 Å². The Bertz CT molecular complexity index is 1630. The number of rotatable bonds is 7. The number of aryl methyl sites for hydroxylation is 3. The summed E-state index contributed by atoms with van der Waals surface area (Å²) in [5.74, 6) is 0. The van der Waals surface area contributed by atoms with Crippen LogP contribution >= 0.6 is 0 Å². The molecule has 1 fully saturated rings. The first-order chi connectivity index (χ1) is 18.7. The van der Waals surface area contributed by atoms with Crippen LogP contribution in [0.2, 0.25) is 0 Å². The summed E-state index contributed by atoms with van der Waals surface area (Å²) in [6, 6.07) is 21.2. The van der Waals surface area contributed by atoms with E-state index in [1.165, 1.54) is 9.54 Å². The van der Waals surface area contributed by atoms with Gasteiger partial charge < -0.3 is 4.74 Å². The van der Waals surface area contributed by atoms with E-state index in [0.717, 1.165) is 52.5 Å². The van der Waals surface area contributed by atoms with E-state index in [-0.39, 0.29) is 17.0 Å². The summed E-state index contributed by atoms with van der Waals surface area (Å²) in [4.78, 5) is 2.76. The molecule has 2 atom stereocenters. The fraction of sp³-hybridized carbons (Fsp3) is 0.344. The van der Waals surface area contributed by atoms with Crippen LogP contribution in [0.3, 0.4) is 0 Å². The van der Waals surface area contributed by atoms with Crippen LogP contribution in [0.4, 0.5) is 0 Å². The molecule has 1 aromatic heterocycles. The van der Waals surface area contributed by atoms with Crippen LogP contribution in [0.1, 0.15) is 59.2 Å². The molecule has 39 heavy (non-hydrogen) atoms. The average molecular weight is 542 g/mol. The minimum Gasteiger partial charge on any atom is -0.378 e. The zero-order chi connectivity index (χ0) is 27.7. The topological polar surface area (TPSA) is 75.3 Å². The third-order valence-corrected chi connectivity index (χ3v) is 9.58. The molecule has 0 unspecified atom stereocenters. The van der Waals surface area contributed by atoms with E-state index in [9.17, 15) is 13.7 Å². The van der Waals surface area contributed by atoms with E-state index in [0.29, 0.717) is 18.7 Å². The highest BCUT2D eigenvalue weighted by molar-refractivity contribution is 7.90. The van der Waals surface area contributed by atoms with E-state index in [1.807, 2.05) is 63.2 Å². The van der Waals surface area contributed by atoms with Crippen molar-refractivity contribution in [3.05, 3.63) is 100 Å². The lowest BCUT2D eigenvalue weighted by Crippen LogP contribution is -2.39. The molecule has 4 aromatic rings. The molecule has 0 spiro atoms. The number of aromatic nitrogens is 1. The maximum absolute atomic E-state index is 13.7. The minimum atomic E-state index is -3.74. The number of nitriles is 1. The average Bonchev–Trinajstić information content (AvgIpc) is 3.39. The lowest BCUT2D eigenvalue weighted by Gasteiger charge is -2.40. The van der Waals surface area contributed by atoms with Crippen molar-refractivity contribution in [2.75, 3.05) is 13.2 Å². The Labute approximate surface area is 231 Å². The van der Waals surface area contributed by atoms with Gasteiger partial charge in [-0.05, 0) is 93.1 Å². The first kappa shape index (κ1) is 27.1. The van der Waals surface area contributed by atoms with Crippen LogP contribution in [0, 0.1) is 32.1 Å². The van der Waals surface area contributed by atoms with Gasteiger partial charge in [-0.1, -0.05) is 35.9 Å². The molecule has 6 nitrogen and oxygen atoms in total. The Morgan fingerprint density at radius 1 is 1.00 bits per heavy atom. The monoisotopic (exact) mass is 541 g/mol. The Balaban J connectivity index is 1.55. The van der Waals surface area contributed by atoms with Crippen molar-refractivity contribution < 1.29 is 13.2 Å². The van der Waals surface area contributed by atoms with Crippen molar-refractivity contribution >= 4 is 20.9 Å². The van der Waals surface area contributed by atoms with Crippen LogP contribution in [-0.2, 0) is 21.3 Å². The van der Waals surface area contributed by atoms with Crippen molar-refractivity contribution in [3.8, 4) is 6.07 Å². The first-order valence-corrected chi connectivity index (χ1v) is 14.9. The van der Waals surface area contributed by atoms with Gasteiger partial charge in [0.1, 0.15) is 0 Å². The van der Waals surface area contributed by atoms with Gasteiger partial charge >= 0.3 is 0 Å². The smallest absolute Gasteiger partial charge is 0.268 e. The summed E-state index contributed by atoms with van der Waals surface area (Å²) in [7, 11) is -3.74. The molecule has 0 bridgehead atoms. The molecule has 7 heteroatoms. The van der Waals surface area contributed by atoms with Crippen molar-refractivity contribution in [2.24, 2.45) is 0 Å². The Morgan fingerprint density at radius 2 is 1.72 bits per heavy atom. The van der Waals surface area contributed by atoms with Crippen molar-refractivity contribution in [1.82, 2.24) is 8.87 Å². The molecule has 0 aliphatic carbocycles. The fourth-order valence-corrected chi connectivity index (χ4v) is 7.27. The number of ether oxygens (including phenoxy) is 1. The van der Waals surface area contributed by atoms with Gasteiger partial charge in [-0.25, -0.2) is 12.4 Å². The van der Waals surface area contributed by atoms with Crippen molar-refractivity contribution in [1.29, 1.82) is 5.26 Å². The number of benzene rings is 3. The van der Waals surface area contributed by atoms with Crippen LogP contribution in [0.25, 0.3) is 10.9 Å². The highest BCUT2D eigenvalue weighted by Crippen LogP contribution is 2.37. The second-order valence-electron chi connectivity index (χ2n) is 10.5. The molecule has 0 amide bonds. The predicted molar refractivity (Wildman–Crippen MR) is 154 cm³/mol.